The summed E-state index contributed by atoms with van der Waals surface area (Å²) in [6.45, 7) is 4.14. The van der Waals surface area contributed by atoms with Crippen LogP contribution in [0.5, 0.6) is 0 Å². The Morgan fingerprint density at radius 1 is 0.933 bits per heavy atom. The van der Waals surface area contributed by atoms with Crippen molar-refractivity contribution in [3.05, 3.63) is 12.2 Å². The summed E-state index contributed by atoms with van der Waals surface area (Å²) < 4.78 is 0. The zero-order chi connectivity index (χ0) is 11.4. The minimum Gasteiger partial charge on any atom is -0.295 e. The standard InChI is InChI=1S/C14H26O/c1-3-5-6-7-8-9-10-11-13-14(15)12-4-2/h4,12H,3,5-11,13H2,1-2H3/b12-4+. The second-order valence-electron chi connectivity index (χ2n) is 4.19. The van der Waals surface area contributed by atoms with Gasteiger partial charge in [0.1, 0.15) is 0 Å². The zero-order valence-corrected chi connectivity index (χ0v) is 10.4. The van der Waals surface area contributed by atoms with Crippen LogP contribution in [-0.4, -0.2) is 5.78 Å². The van der Waals surface area contributed by atoms with E-state index in [1.807, 2.05) is 13.0 Å². The first-order valence-corrected chi connectivity index (χ1v) is 6.46. The summed E-state index contributed by atoms with van der Waals surface area (Å²) in [5, 5.41) is 0. The van der Waals surface area contributed by atoms with Crippen molar-refractivity contribution in [2.24, 2.45) is 0 Å². The first-order valence-electron chi connectivity index (χ1n) is 6.46. The number of carbonyl (C=O) groups is 1. The van der Waals surface area contributed by atoms with Gasteiger partial charge in [-0.15, -0.1) is 0 Å². The fourth-order valence-electron chi connectivity index (χ4n) is 1.70. The van der Waals surface area contributed by atoms with Crippen LogP contribution in [0.15, 0.2) is 12.2 Å². The molecule has 0 aromatic carbocycles. The van der Waals surface area contributed by atoms with E-state index in [9.17, 15) is 4.79 Å². The molecule has 0 rings (SSSR count). The third kappa shape index (κ3) is 11.3. The molecule has 0 aliphatic carbocycles. The van der Waals surface area contributed by atoms with Crippen molar-refractivity contribution >= 4 is 5.78 Å². The molecule has 0 saturated carbocycles. The Kier molecular flexibility index (Phi) is 11.0. The molecular weight excluding hydrogens is 184 g/mol. The first kappa shape index (κ1) is 14.4. The smallest absolute Gasteiger partial charge is 0.155 e. The quantitative estimate of drug-likeness (QED) is 0.378. The number of carbonyl (C=O) groups excluding carboxylic acids is 1. The Morgan fingerprint density at radius 2 is 1.47 bits per heavy atom. The van der Waals surface area contributed by atoms with Crippen LogP contribution < -0.4 is 0 Å². The van der Waals surface area contributed by atoms with Crippen molar-refractivity contribution in [3.63, 3.8) is 0 Å². The van der Waals surface area contributed by atoms with Crippen LogP contribution in [-0.2, 0) is 4.79 Å². The molecule has 0 aromatic rings. The van der Waals surface area contributed by atoms with Crippen molar-refractivity contribution in [2.45, 2.75) is 71.6 Å². The Hall–Kier alpha value is -0.590. The van der Waals surface area contributed by atoms with Crippen LogP contribution in [0.4, 0.5) is 0 Å². The maximum absolute atomic E-state index is 11.1. The molecule has 0 fully saturated rings. The molecule has 0 N–H and O–H groups in total. The zero-order valence-electron chi connectivity index (χ0n) is 10.4. The predicted molar refractivity (Wildman–Crippen MR) is 67.0 cm³/mol. The summed E-state index contributed by atoms with van der Waals surface area (Å²) in [4.78, 5) is 11.1. The van der Waals surface area contributed by atoms with Crippen LogP contribution >= 0.6 is 0 Å². The van der Waals surface area contributed by atoms with Crippen LogP contribution in [0.2, 0.25) is 0 Å². The predicted octanol–water partition coefficient (Wildman–Crippen LogP) is 4.66. The van der Waals surface area contributed by atoms with E-state index in [0.29, 0.717) is 0 Å². The van der Waals surface area contributed by atoms with Gasteiger partial charge < -0.3 is 0 Å². The third-order valence-electron chi connectivity index (χ3n) is 2.63. The van der Waals surface area contributed by atoms with Crippen molar-refractivity contribution in [2.75, 3.05) is 0 Å². The van der Waals surface area contributed by atoms with Gasteiger partial charge in [-0.25, -0.2) is 0 Å². The summed E-state index contributed by atoms with van der Waals surface area (Å²) in [6.07, 6.45) is 14.6. The molecule has 0 aromatic heterocycles. The molecule has 0 bridgehead atoms. The topological polar surface area (TPSA) is 17.1 Å². The van der Waals surface area contributed by atoms with Gasteiger partial charge in [-0.2, -0.15) is 0 Å². The maximum atomic E-state index is 11.1. The Labute approximate surface area is 95.0 Å². The number of rotatable bonds is 10. The fraction of sp³-hybridized carbons (Fsp3) is 0.786. The normalized spacial score (nSPS) is 11.1. The van der Waals surface area contributed by atoms with Crippen molar-refractivity contribution < 1.29 is 4.79 Å². The second kappa shape index (κ2) is 11.5. The lowest BCUT2D eigenvalue weighted by Crippen LogP contribution is -1.91. The molecule has 0 heterocycles. The van der Waals surface area contributed by atoms with Gasteiger partial charge in [0.2, 0.25) is 0 Å². The number of hydrogen-bond acceptors (Lipinski definition) is 1. The van der Waals surface area contributed by atoms with Crippen molar-refractivity contribution in [1.82, 2.24) is 0 Å². The van der Waals surface area contributed by atoms with E-state index in [1.54, 1.807) is 6.08 Å². The van der Waals surface area contributed by atoms with Crippen molar-refractivity contribution in [3.8, 4) is 0 Å². The van der Waals surface area contributed by atoms with Gasteiger partial charge in [-0.1, -0.05) is 57.9 Å². The summed E-state index contributed by atoms with van der Waals surface area (Å²) in [6, 6.07) is 0. The third-order valence-corrected chi connectivity index (χ3v) is 2.63. The number of ketones is 1. The number of hydrogen-bond donors (Lipinski definition) is 0. The lowest BCUT2D eigenvalue weighted by molar-refractivity contribution is -0.114. The summed E-state index contributed by atoms with van der Waals surface area (Å²) in [5.74, 6) is 0.281. The Bertz CT molecular complexity index is 170. The highest BCUT2D eigenvalue weighted by molar-refractivity contribution is 5.89. The van der Waals surface area contributed by atoms with E-state index >= 15 is 0 Å². The molecule has 0 aliphatic heterocycles. The summed E-state index contributed by atoms with van der Waals surface area (Å²) in [7, 11) is 0. The summed E-state index contributed by atoms with van der Waals surface area (Å²) in [5.41, 5.74) is 0. The molecule has 88 valence electrons. The lowest BCUT2D eigenvalue weighted by atomic mass is 10.1. The molecule has 0 atom stereocenters. The first-order chi connectivity index (χ1) is 7.31. The molecule has 0 aliphatic rings. The molecular formula is C14H26O. The van der Waals surface area contributed by atoms with E-state index < -0.39 is 0 Å². The van der Waals surface area contributed by atoms with Gasteiger partial charge in [0.05, 0.1) is 0 Å². The molecule has 0 radical (unpaired) electrons. The molecule has 0 saturated heterocycles. The van der Waals surface area contributed by atoms with Crippen LogP contribution in [0.25, 0.3) is 0 Å². The second-order valence-corrected chi connectivity index (χ2v) is 4.19. The highest BCUT2D eigenvalue weighted by atomic mass is 16.1. The molecule has 0 unspecified atom stereocenters. The molecule has 0 amide bonds. The van der Waals surface area contributed by atoms with Crippen LogP contribution in [0, 0.1) is 0 Å². The minimum atomic E-state index is 0.281. The fourth-order valence-corrected chi connectivity index (χ4v) is 1.70. The van der Waals surface area contributed by atoms with E-state index in [0.717, 1.165) is 12.8 Å². The highest BCUT2D eigenvalue weighted by Crippen LogP contribution is 2.09. The minimum absolute atomic E-state index is 0.281. The Balaban J connectivity index is 3.08. The van der Waals surface area contributed by atoms with Gasteiger partial charge in [-0.05, 0) is 19.4 Å². The monoisotopic (exact) mass is 210 g/mol. The largest absolute Gasteiger partial charge is 0.295 e. The average Bonchev–Trinajstić information content (AvgIpc) is 2.22. The van der Waals surface area contributed by atoms with E-state index in [1.165, 1.54) is 44.9 Å². The summed E-state index contributed by atoms with van der Waals surface area (Å²) >= 11 is 0. The molecule has 0 spiro atoms. The van der Waals surface area contributed by atoms with E-state index in [2.05, 4.69) is 6.92 Å². The number of allylic oxidation sites excluding steroid dienone is 2. The molecule has 15 heavy (non-hydrogen) atoms. The van der Waals surface area contributed by atoms with Crippen LogP contribution in [0.3, 0.4) is 0 Å². The van der Waals surface area contributed by atoms with E-state index in [4.69, 9.17) is 0 Å². The van der Waals surface area contributed by atoms with Gasteiger partial charge in [0, 0.05) is 6.42 Å². The SMILES string of the molecule is C/C=C/C(=O)CCCCCCCCCC. The average molecular weight is 210 g/mol. The van der Waals surface area contributed by atoms with Crippen LogP contribution in [0.1, 0.15) is 71.6 Å². The maximum Gasteiger partial charge on any atom is 0.155 e. The molecule has 1 nitrogen and oxygen atoms in total. The van der Waals surface area contributed by atoms with E-state index in [-0.39, 0.29) is 5.78 Å². The van der Waals surface area contributed by atoms with Gasteiger partial charge >= 0.3 is 0 Å². The van der Waals surface area contributed by atoms with Gasteiger partial charge in [0.15, 0.2) is 5.78 Å². The Morgan fingerprint density at radius 3 is 2.00 bits per heavy atom. The molecule has 1 heteroatoms. The van der Waals surface area contributed by atoms with Gasteiger partial charge in [-0.3, -0.25) is 4.79 Å². The lowest BCUT2D eigenvalue weighted by Gasteiger charge is -2.00. The van der Waals surface area contributed by atoms with Crippen molar-refractivity contribution in [1.29, 1.82) is 0 Å². The van der Waals surface area contributed by atoms with Gasteiger partial charge in [0.25, 0.3) is 0 Å². The number of unbranched alkanes of at least 4 members (excludes halogenated alkanes) is 7. The highest BCUT2D eigenvalue weighted by Gasteiger charge is 1.96.